The Balaban J connectivity index is 1.91. The van der Waals surface area contributed by atoms with Crippen molar-refractivity contribution in [2.75, 3.05) is 17.6 Å². The van der Waals surface area contributed by atoms with Crippen molar-refractivity contribution in [1.29, 1.82) is 0 Å². The van der Waals surface area contributed by atoms with Gasteiger partial charge in [-0.2, -0.15) is 0 Å². The number of rotatable bonds is 3. The molecule has 1 aliphatic carbocycles. The fourth-order valence-corrected chi connectivity index (χ4v) is 2.63. The van der Waals surface area contributed by atoms with Gasteiger partial charge < -0.3 is 11.1 Å². The molecule has 94 valence electrons. The van der Waals surface area contributed by atoms with Crippen molar-refractivity contribution in [1.82, 2.24) is 9.97 Å². The van der Waals surface area contributed by atoms with Crippen LogP contribution >= 0.6 is 0 Å². The van der Waals surface area contributed by atoms with Gasteiger partial charge in [0.2, 0.25) is 0 Å². The number of nitrogens with one attached hydrogen (secondary N) is 1. The number of anilines is 2. The Morgan fingerprint density at radius 2 is 2.24 bits per heavy atom. The van der Waals surface area contributed by atoms with E-state index in [0.29, 0.717) is 5.82 Å². The van der Waals surface area contributed by atoms with Gasteiger partial charge in [-0.15, -0.1) is 0 Å². The van der Waals surface area contributed by atoms with Gasteiger partial charge in [-0.3, -0.25) is 0 Å². The molecule has 1 aliphatic rings. The SMILES string of the molecule is Cc1c(N)ncnc1NCC1CCCC(C)C1. The van der Waals surface area contributed by atoms with Gasteiger partial charge in [0.25, 0.3) is 0 Å². The van der Waals surface area contributed by atoms with Gasteiger partial charge in [0.1, 0.15) is 18.0 Å². The third-order valence-electron chi connectivity index (χ3n) is 3.73. The number of aromatic nitrogens is 2. The third kappa shape index (κ3) is 3.08. The van der Waals surface area contributed by atoms with Crippen molar-refractivity contribution in [3.05, 3.63) is 11.9 Å². The van der Waals surface area contributed by atoms with E-state index in [1.165, 1.54) is 32.0 Å². The molecule has 4 heteroatoms. The second-order valence-corrected chi connectivity index (χ2v) is 5.25. The third-order valence-corrected chi connectivity index (χ3v) is 3.73. The summed E-state index contributed by atoms with van der Waals surface area (Å²) in [5.74, 6) is 3.09. The maximum atomic E-state index is 5.76. The van der Waals surface area contributed by atoms with Crippen LogP contribution in [0.4, 0.5) is 11.6 Å². The lowest BCUT2D eigenvalue weighted by molar-refractivity contribution is 0.293. The second-order valence-electron chi connectivity index (χ2n) is 5.25. The Hall–Kier alpha value is -1.32. The summed E-state index contributed by atoms with van der Waals surface area (Å²) in [6, 6.07) is 0. The molecule has 2 unspecified atom stereocenters. The average Bonchev–Trinajstić information content (AvgIpc) is 2.31. The van der Waals surface area contributed by atoms with Crippen molar-refractivity contribution >= 4 is 11.6 Å². The van der Waals surface area contributed by atoms with Crippen molar-refractivity contribution in [2.24, 2.45) is 11.8 Å². The zero-order chi connectivity index (χ0) is 12.3. The van der Waals surface area contributed by atoms with Crippen molar-refractivity contribution in [3.8, 4) is 0 Å². The first-order valence-corrected chi connectivity index (χ1v) is 6.47. The molecule has 1 heterocycles. The van der Waals surface area contributed by atoms with Crippen LogP contribution in [0.15, 0.2) is 6.33 Å². The van der Waals surface area contributed by atoms with Crippen LogP contribution in [0.5, 0.6) is 0 Å². The smallest absolute Gasteiger partial charge is 0.134 e. The second kappa shape index (κ2) is 5.34. The van der Waals surface area contributed by atoms with Crippen molar-refractivity contribution < 1.29 is 0 Å². The molecule has 0 saturated heterocycles. The molecule has 2 rings (SSSR count). The Morgan fingerprint density at radius 1 is 1.41 bits per heavy atom. The van der Waals surface area contributed by atoms with Gasteiger partial charge in [0.05, 0.1) is 0 Å². The Kier molecular flexibility index (Phi) is 3.82. The summed E-state index contributed by atoms with van der Waals surface area (Å²) in [6.07, 6.45) is 6.92. The summed E-state index contributed by atoms with van der Waals surface area (Å²) < 4.78 is 0. The molecular weight excluding hydrogens is 212 g/mol. The first-order chi connectivity index (χ1) is 8.16. The van der Waals surface area contributed by atoms with E-state index < -0.39 is 0 Å². The number of hydrogen-bond donors (Lipinski definition) is 2. The first-order valence-electron chi connectivity index (χ1n) is 6.47. The predicted octanol–water partition coefficient (Wildman–Crippen LogP) is 2.61. The van der Waals surface area contributed by atoms with E-state index in [-0.39, 0.29) is 0 Å². The molecule has 0 spiro atoms. The standard InChI is InChI=1S/C13H22N4/c1-9-4-3-5-11(6-9)7-15-13-10(2)12(14)16-8-17-13/h8-9,11H,3-7H2,1-2H3,(H3,14,15,16,17). The highest BCUT2D eigenvalue weighted by Gasteiger charge is 2.18. The lowest BCUT2D eigenvalue weighted by Gasteiger charge is -2.27. The molecule has 1 fully saturated rings. The number of nitrogens with zero attached hydrogens (tertiary/aromatic N) is 2. The first kappa shape index (κ1) is 12.1. The van der Waals surface area contributed by atoms with Crippen molar-refractivity contribution in [2.45, 2.75) is 39.5 Å². The molecule has 1 aromatic heterocycles. The highest BCUT2D eigenvalue weighted by atomic mass is 15.0. The quantitative estimate of drug-likeness (QED) is 0.843. The summed E-state index contributed by atoms with van der Waals surface area (Å²) >= 11 is 0. The number of nitrogen functional groups attached to an aromatic ring is 1. The van der Waals surface area contributed by atoms with E-state index in [0.717, 1.165) is 29.8 Å². The molecule has 0 aromatic carbocycles. The van der Waals surface area contributed by atoms with Crippen LogP contribution in [0, 0.1) is 18.8 Å². The van der Waals surface area contributed by atoms with Crippen LogP contribution < -0.4 is 11.1 Å². The molecule has 4 nitrogen and oxygen atoms in total. The molecular formula is C13H22N4. The van der Waals surface area contributed by atoms with Crippen LogP contribution in [0.2, 0.25) is 0 Å². The largest absolute Gasteiger partial charge is 0.383 e. The van der Waals surface area contributed by atoms with Crippen LogP contribution in [-0.2, 0) is 0 Å². The fraction of sp³-hybridized carbons (Fsp3) is 0.692. The minimum atomic E-state index is 0.569. The summed E-state index contributed by atoms with van der Waals surface area (Å²) in [7, 11) is 0. The van der Waals surface area contributed by atoms with Crippen LogP contribution in [0.3, 0.4) is 0 Å². The van der Waals surface area contributed by atoms with Gasteiger partial charge >= 0.3 is 0 Å². The van der Waals surface area contributed by atoms with E-state index in [1.54, 1.807) is 0 Å². The molecule has 17 heavy (non-hydrogen) atoms. The zero-order valence-corrected chi connectivity index (χ0v) is 10.7. The summed E-state index contributed by atoms with van der Waals surface area (Å²) in [5, 5.41) is 3.41. The number of hydrogen-bond acceptors (Lipinski definition) is 4. The molecule has 0 amide bonds. The predicted molar refractivity (Wildman–Crippen MR) is 70.8 cm³/mol. The monoisotopic (exact) mass is 234 g/mol. The molecule has 0 radical (unpaired) electrons. The van der Waals surface area contributed by atoms with Gasteiger partial charge in [-0.25, -0.2) is 9.97 Å². The van der Waals surface area contributed by atoms with E-state index in [2.05, 4.69) is 22.2 Å². The van der Waals surface area contributed by atoms with Crippen LogP contribution in [0.1, 0.15) is 38.2 Å². The van der Waals surface area contributed by atoms with Gasteiger partial charge in [0.15, 0.2) is 0 Å². The summed E-state index contributed by atoms with van der Waals surface area (Å²) in [4.78, 5) is 8.21. The minimum Gasteiger partial charge on any atom is -0.383 e. The maximum Gasteiger partial charge on any atom is 0.134 e. The minimum absolute atomic E-state index is 0.569. The van der Waals surface area contributed by atoms with Gasteiger partial charge in [-0.05, 0) is 31.6 Å². The van der Waals surface area contributed by atoms with Crippen molar-refractivity contribution in [3.63, 3.8) is 0 Å². The lowest BCUT2D eigenvalue weighted by Crippen LogP contribution is -2.21. The summed E-state index contributed by atoms with van der Waals surface area (Å²) in [6.45, 7) is 5.31. The molecule has 1 saturated carbocycles. The van der Waals surface area contributed by atoms with Crippen LogP contribution in [0.25, 0.3) is 0 Å². The van der Waals surface area contributed by atoms with E-state index in [1.807, 2.05) is 6.92 Å². The molecule has 0 aliphatic heterocycles. The molecule has 0 bridgehead atoms. The molecule has 1 aromatic rings. The number of nitrogens with two attached hydrogens (primary N) is 1. The van der Waals surface area contributed by atoms with Crippen LogP contribution in [-0.4, -0.2) is 16.5 Å². The highest BCUT2D eigenvalue weighted by molar-refractivity contribution is 5.53. The van der Waals surface area contributed by atoms with Gasteiger partial charge in [0, 0.05) is 12.1 Å². The average molecular weight is 234 g/mol. The fourth-order valence-electron chi connectivity index (χ4n) is 2.63. The normalized spacial score (nSPS) is 24.6. The lowest BCUT2D eigenvalue weighted by atomic mass is 9.82. The summed E-state index contributed by atoms with van der Waals surface area (Å²) in [5.41, 5.74) is 6.72. The molecule has 2 atom stereocenters. The van der Waals surface area contributed by atoms with E-state index in [4.69, 9.17) is 5.73 Å². The maximum absolute atomic E-state index is 5.76. The Morgan fingerprint density at radius 3 is 3.00 bits per heavy atom. The highest BCUT2D eigenvalue weighted by Crippen LogP contribution is 2.28. The van der Waals surface area contributed by atoms with E-state index in [9.17, 15) is 0 Å². The zero-order valence-electron chi connectivity index (χ0n) is 10.7. The Labute approximate surface area is 103 Å². The molecule has 3 N–H and O–H groups in total. The van der Waals surface area contributed by atoms with E-state index >= 15 is 0 Å². The topological polar surface area (TPSA) is 63.8 Å². The van der Waals surface area contributed by atoms with Gasteiger partial charge in [-0.1, -0.05) is 19.8 Å². The Bertz CT molecular complexity index is 378.